The van der Waals surface area contributed by atoms with Gasteiger partial charge in [-0.2, -0.15) is 26.3 Å². The highest BCUT2D eigenvalue weighted by Gasteiger charge is 2.62. The molecule has 0 amide bonds. The van der Waals surface area contributed by atoms with Crippen LogP contribution in [0.3, 0.4) is 0 Å². The second-order valence-electron chi connectivity index (χ2n) is 11.5. The van der Waals surface area contributed by atoms with Gasteiger partial charge in [0.05, 0.1) is 19.1 Å². The third kappa shape index (κ3) is 7.24. The molecule has 3 fully saturated rings. The maximum Gasteiger partial charge on any atom is 0.527 e. The van der Waals surface area contributed by atoms with Crippen molar-refractivity contribution in [3.63, 3.8) is 0 Å². The highest BCUT2D eigenvalue weighted by Crippen LogP contribution is 2.52. The molecule has 262 valence electrons. The second kappa shape index (κ2) is 12.2. The van der Waals surface area contributed by atoms with Crippen LogP contribution in [0.25, 0.3) is 0 Å². The molecule has 2 aromatic carbocycles. The van der Waals surface area contributed by atoms with E-state index in [1.807, 2.05) is 6.92 Å². The Morgan fingerprint density at radius 3 is 1.85 bits per heavy atom. The minimum atomic E-state index is -6.03. The maximum absolute atomic E-state index is 15.1. The van der Waals surface area contributed by atoms with Crippen molar-refractivity contribution < 1.29 is 81.1 Å². The molecule has 0 spiro atoms. The summed E-state index contributed by atoms with van der Waals surface area (Å²) in [5.41, 5.74) is -4.77. The lowest BCUT2D eigenvalue weighted by atomic mass is 9.80. The predicted octanol–water partition coefficient (Wildman–Crippen LogP) is 8.87. The lowest BCUT2D eigenvalue weighted by molar-refractivity contribution is -0.432. The average Bonchev–Trinajstić information content (AvgIpc) is 3.48. The third-order valence-corrected chi connectivity index (χ3v) is 8.14. The van der Waals surface area contributed by atoms with Crippen molar-refractivity contribution in [1.29, 1.82) is 0 Å². The van der Waals surface area contributed by atoms with Crippen LogP contribution in [0.5, 0.6) is 11.5 Å². The molecule has 2 aromatic rings. The highest BCUT2D eigenvalue weighted by atomic mass is 19.4. The van der Waals surface area contributed by atoms with E-state index in [1.54, 1.807) is 0 Å². The molecule has 3 aliphatic rings. The van der Waals surface area contributed by atoms with Crippen molar-refractivity contribution in [1.82, 2.24) is 0 Å². The topological polar surface area (TPSA) is 55.4 Å². The first-order chi connectivity index (χ1) is 21.7. The Kier molecular flexibility index (Phi) is 9.16. The summed E-state index contributed by atoms with van der Waals surface area (Å²) in [5.74, 6) is -12.2. The number of benzene rings is 2. The standard InChI is InChI=1S/C29H26F12O6/c1-2-9-24-13-42-28(46-24,43-14-24)16-5-3-15(4-6-16)25(33,34)44-17-7-8-19(20(30)10-17)26(35,36)45-18-11-21(31)23(22(32)12-18)27(37,38)47-29(39,40)41/h7-8,10-12,15-16H,2-6,9,13-14H2,1H3. The summed E-state index contributed by atoms with van der Waals surface area (Å²) < 4.78 is 195. The van der Waals surface area contributed by atoms with E-state index in [9.17, 15) is 43.9 Å². The van der Waals surface area contributed by atoms with Crippen LogP contribution in [0, 0.1) is 29.3 Å². The van der Waals surface area contributed by atoms with Crippen molar-refractivity contribution in [3.05, 3.63) is 58.9 Å². The Morgan fingerprint density at radius 2 is 1.32 bits per heavy atom. The number of rotatable bonds is 11. The molecule has 0 unspecified atom stereocenters. The fourth-order valence-electron chi connectivity index (χ4n) is 6.04. The predicted molar refractivity (Wildman–Crippen MR) is 133 cm³/mol. The Bertz CT molecular complexity index is 1430. The van der Waals surface area contributed by atoms with Crippen LogP contribution >= 0.6 is 0 Å². The van der Waals surface area contributed by atoms with Crippen molar-refractivity contribution in [2.75, 3.05) is 13.2 Å². The minimum absolute atomic E-state index is 0.0665. The molecule has 0 atom stereocenters. The first-order valence-electron chi connectivity index (χ1n) is 14.3. The third-order valence-electron chi connectivity index (χ3n) is 8.14. The van der Waals surface area contributed by atoms with Crippen LogP contribution < -0.4 is 9.47 Å². The smallest absolute Gasteiger partial charge is 0.432 e. The quantitative estimate of drug-likeness (QED) is 0.219. The molecule has 1 saturated carbocycles. The van der Waals surface area contributed by atoms with Crippen LogP contribution in [0.15, 0.2) is 30.3 Å². The van der Waals surface area contributed by atoms with Crippen molar-refractivity contribution in [2.24, 2.45) is 11.8 Å². The van der Waals surface area contributed by atoms with Gasteiger partial charge in [-0.25, -0.2) is 17.9 Å². The van der Waals surface area contributed by atoms with Gasteiger partial charge >= 0.3 is 24.7 Å². The Labute approximate surface area is 258 Å². The fraction of sp³-hybridized carbons (Fsp3) is 0.586. The number of fused-ring (bicyclic) bond motifs is 2. The zero-order valence-corrected chi connectivity index (χ0v) is 24.2. The second-order valence-corrected chi connectivity index (χ2v) is 11.5. The van der Waals surface area contributed by atoms with Crippen LogP contribution in [0.4, 0.5) is 52.7 Å². The highest BCUT2D eigenvalue weighted by molar-refractivity contribution is 5.35. The average molecular weight is 698 g/mol. The molecule has 2 bridgehead atoms. The van der Waals surface area contributed by atoms with Gasteiger partial charge in [0.2, 0.25) is 0 Å². The van der Waals surface area contributed by atoms with Crippen molar-refractivity contribution >= 4 is 0 Å². The van der Waals surface area contributed by atoms with Crippen LogP contribution in [-0.2, 0) is 31.2 Å². The number of alkyl halides is 9. The molecule has 0 N–H and O–H groups in total. The van der Waals surface area contributed by atoms with Crippen LogP contribution in [0.1, 0.15) is 56.6 Å². The van der Waals surface area contributed by atoms with E-state index >= 15 is 8.78 Å². The summed E-state index contributed by atoms with van der Waals surface area (Å²) in [6, 6.07) is 0.390. The van der Waals surface area contributed by atoms with Gasteiger partial charge in [-0.1, -0.05) is 13.3 Å². The van der Waals surface area contributed by atoms with Crippen LogP contribution in [0.2, 0.25) is 0 Å². The monoisotopic (exact) mass is 698 g/mol. The Morgan fingerprint density at radius 1 is 0.745 bits per heavy atom. The molecule has 1 aliphatic carbocycles. The molecule has 2 aliphatic heterocycles. The normalized spacial score (nSPS) is 26.9. The van der Waals surface area contributed by atoms with E-state index in [0.29, 0.717) is 25.7 Å². The SMILES string of the molecule is CCCC12COC(C3CCC(C(F)(F)Oc4ccc(C(F)(F)Oc5cc(F)c(C(F)(F)OC(F)(F)F)c(F)c5)c(F)c4)CC3)(OC1)O2. The molecular formula is C29H26F12O6. The summed E-state index contributed by atoms with van der Waals surface area (Å²) in [5, 5.41) is 0. The number of hydrogen-bond donors (Lipinski definition) is 0. The fourth-order valence-corrected chi connectivity index (χ4v) is 6.04. The summed E-state index contributed by atoms with van der Waals surface area (Å²) in [6.07, 6.45) is -18.5. The van der Waals surface area contributed by atoms with Gasteiger partial charge in [0.1, 0.15) is 45.7 Å². The van der Waals surface area contributed by atoms with E-state index in [2.05, 4.69) is 14.2 Å². The molecule has 47 heavy (non-hydrogen) atoms. The van der Waals surface area contributed by atoms with E-state index in [-0.39, 0.29) is 55.9 Å². The number of hydrogen-bond acceptors (Lipinski definition) is 6. The van der Waals surface area contributed by atoms with Crippen LogP contribution in [-0.4, -0.2) is 37.3 Å². The molecule has 2 saturated heterocycles. The lowest BCUT2D eigenvalue weighted by Crippen LogP contribution is -2.45. The van der Waals surface area contributed by atoms with Gasteiger partial charge in [-0.3, -0.25) is 0 Å². The first-order valence-corrected chi connectivity index (χ1v) is 14.3. The van der Waals surface area contributed by atoms with Gasteiger partial charge in [0, 0.05) is 24.1 Å². The van der Waals surface area contributed by atoms with Gasteiger partial charge in [0.25, 0.3) is 5.97 Å². The Balaban J connectivity index is 1.22. The van der Waals surface area contributed by atoms with E-state index in [0.717, 1.165) is 6.42 Å². The van der Waals surface area contributed by atoms with Crippen molar-refractivity contribution in [3.8, 4) is 11.5 Å². The largest absolute Gasteiger partial charge is 0.527 e. The van der Waals surface area contributed by atoms with Gasteiger partial charge in [0.15, 0.2) is 0 Å². The minimum Gasteiger partial charge on any atom is -0.432 e. The zero-order valence-electron chi connectivity index (χ0n) is 24.2. The molecule has 18 heteroatoms. The van der Waals surface area contributed by atoms with Gasteiger partial charge in [-0.15, -0.1) is 13.2 Å². The number of ether oxygens (including phenoxy) is 6. The van der Waals surface area contributed by atoms with E-state index in [1.165, 1.54) is 0 Å². The van der Waals surface area contributed by atoms with E-state index in [4.69, 9.17) is 14.2 Å². The summed E-state index contributed by atoms with van der Waals surface area (Å²) in [7, 11) is 0. The van der Waals surface area contributed by atoms with Crippen molar-refractivity contribution in [2.45, 2.75) is 81.7 Å². The van der Waals surface area contributed by atoms with Gasteiger partial charge in [-0.05, 0) is 44.2 Å². The summed E-state index contributed by atoms with van der Waals surface area (Å²) in [6.45, 7) is 2.63. The molecule has 0 radical (unpaired) electrons. The summed E-state index contributed by atoms with van der Waals surface area (Å²) in [4.78, 5) is 0. The molecular weight excluding hydrogens is 672 g/mol. The number of halogens is 12. The zero-order chi connectivity index (χ0) is 34.6. The molecule has 6 nitrogen and oxygen atoms in total. The maximum atomic E-state index is 15.1. The van der Waals surface area contributed by atoms with Gasteiger partial charge < -0.3 is 23.7 Å². The molecule has 2 heterocycles. The summed E-state index contributed by atoms with van der Waals surface area (Å²) >= 11 is 0. The Hall–Kier alpha value is -2.96. The lowest BCUT2D eigenvalue weighted by Gasteiger charge is -2.38. The van der Waals surface area contributed by atoms with E-state index < -0.39 is 82.3 Å². The molecule has 0 aromatic heterocycles. The first kappa shape index (κ1) is 35.3. The molecule has 5 rings (SSSR count).